The van der Waals surface area contributed by atoms with Gasteiger partial charge in [-0.3, -0.25) is 18.6 Å². The molecule has 0 saturated heterocycles. The highest BCUT2D eigenvalue weighted by atomic mass is 16.2. The van der Waals surface area contributed by atoms with Crippen LogP contribution in [0.2, 0.25) is 0 Å². The van der Waals surface area contributed by atoms with Crippen molar-refractivity contribution < 1.29 is 0 Å². The van der Waals surface area contributed by atoms with Crippen molar-refractivity contribution in [1.82, 2.24) is 18.9 Å². The molecule has 0 spiro atoms. The topological polar surface area (TPSA) is 74.2 Å². The van der Waals surface area contributed by atoms with Gasteiger partial charge >= 0.3 is 5.69 Å². The maximum absolute atomic E-state index is 12.4. The van der Waals surface area contributed by atoms with Gasteiger partial charge in [-0.25, -0.2) is 9.79 Å². The van der Waals surface area contributed by atoms with Crippen molar-refractivity contribution in [3.05, 3.63) is 44.9 Å². The second-order valence-corrected chi connectivity index (χ2v) is 6.35. The molecule has 0 N–H and O–H groups in total. The largest absolute Gasteiger partial charge is 0.332 e. The first-order valence-electron chi connectivity index (χ1n) is 10.4. The van der Waals surface area contributed by atoms with Crippen molar-refractivity contribution in [2.45, 2.75) is 79.8 Å². The minimum Gasteiger partial charge on any atom is -0.278 e. The number of hydrogen-bond acceptors (Lipinski definition) is 4. The lowest BCUT2D eigenvalue weighted by molar-refractivity contribution is 0.554. The lowest BCUT2D eigenvalue weighted by Gasteiger charge is -2.12. The van der Waals surface area contributed by atoms with Crippen molar-refractivity contribution in [3.8, 4) is 0 Å². The van der Waals surface area contributed by atoms with Gasteiger partial charge in [0.05, 0.1) is 5.56 Å². The van der Waals surface area contributed by atoms with Crippen LogP contribution in [0.15, 0.2) is 33.0 Å². The third-order valence-corrected chi connectivity index (χ3v) is 4.16. The molecule has 28 heavy (non-hydrogen) atoms. The molecule has 3 heterocycles. The van der Waals surface area contributed by atoms with E-state index in [0.29, 0.717) is 24.3 Å². The molecule has 0 radical (unpaired) electrons. The molecule has 2 aromatic heterocycles. The van der Waals surface area contributed by atoms with Gasteiger partial charge in [0.1, 0.15) is 5.82 Å². The van der Waals surface area contributed by atoms with E-state index in [9.17, 15) is 9.59 Å². The zero-order chi connectivity index (χ0) is 21.3. The van der Waals surface area contributed by atoms with E-state index in [-0.39, 0.29) is 17.3 Å². The fourth-order valence-electron chi connectivity index (χ4n) is 2.90. The Morgan fingerprint density at radius 1 is 1.14 bits per heavy atom. The molecule has 7 nitrogen and oxygen atoms in total. The molecule has 0 amide bonds. The summed E-state index contributed by atoms with van der Waals surface area (Å²) in [5, 5.41) is 3.83. The number of hydrogen-bond donors (Lipinski definition) is 0. The Morgan fingerprint density at radius 3 is 2.21 bits per heavy atom. The van der Waals surface area contributed by atoms with Crippen LogP contribution >= 0.6 is 0 Å². The number of nitrogens with zero attached hydrogens (tertiary/aromatic N) is 5. The zero-order valence-corrected chi connectivity index (χ0v) is 18.4. The molecule has 0 atom stereocenters. The van der Waals surface area contributed by atoms with Gasteiger partial charge in [0.2, 0.25) is 0 Å². The summed E-state index contributed by atoms with van der Waals surface area (Å²) in [6.07, 6.45) is 6.98. The second-order valence-electron chi connectivity index (χ2n) is 6.35. The lowest BCUT2D eigenvalue weighted by atomic mass is 10.2. The number of aromatic nitrogens is 4. The van der Waals surface area contributed by atoms with Gasteiger partial charge in [-0.2, -0.15) is 5.10 Å². The standard InChI is InChI=1S/C13H17N3O2.C4H6N2.2C2H6/c1-3-6-15-11-10(7-8(2)14-11)12(17)16(13(15)18)9-4-5-9;1-6-4-2-3-5-6;2*1-2/h9H,3-7H2,1-2H3;2-4H,1H3;2*1-2H3. The highest BCUT2D eigenvalue weighted by molar-refractivity contribution is 5.91. The molecule has 0 unspecified atom stereocenters. The van der Waals surface area contributed by atoms with Crippen molar-refractivity contribution in [2.75, 3.05) is 0 Å². The predicted molar refractivity (Wildman–Crippen MR) is 116 cm³/mol. The van der Waals surface area contributed by atoms with Crippen molar-refractivity contribution in [2.24, 2.45) is 12.0 Å². The monoisotopic (exact) mass is 389 g/mol. The van der Waals surface area contributed by atoms with Crippen LogP contribution in [0.25, 0.3) is 0 Å². The molecule has 156 valence electrons. The number of aliphatic imine (C=N–C) groups is 1. The maximum atomic E-state index is 12.4. The Kier molecular flexibility index (Phi) is 9.62. The molecule has 7 heteroatoms. The molecule has 2 aromatic rings. The van der Waals surface area contributed by atoms with Crippen LogP contribution in [-0.2, 0) is 20.0 Å². The first-order valence-corrected chi connectivity index (χ1v) is 10.4. The van der Waals surface area contributed by atoms with E-state index in [4.69, 9.17) is 0 Å². The molecule has 1 aliphatic carbocycles. The van der Waals surface area contributed by atoms with Crippen molar-refractivity contribution in [3.63, 3.8) is 0 Å². The second kappa shape index (κ2) is 11.4. The molecule has 1 fully saturated rings. The quantitative estimate of drug-likeness (QED) is 0.799. The SMILES string of the molecule is CC.CC.CCCn1c2c(c(=O)n(C3CC3)c1=O)CC(C)=N2.Cn1cccn1. The summed E-state index contributed by atoms with van der Waals surface area (Å²) >= 11 is 0. The van der Waals surface area contributed by atoms with Crippen LogP contribution in [0.4, 0.5) is 5.82 Å². The Balaban J connectivity index is 0.000000329. The van der Waals surface area contributed by atoms with Crippen LogP contribution in [0.5, 0.6) is 0 Å². The van der Waals surface area contributed by atoms with Gasteiger partial charge in [0, 0.05) is 44.2 Å². The van der Waals surface area contributed by atoms with Gasteiger partial charge in [-0.1, -0.05) is 34.6 Å². The third-order valence-electron chi connectivity index (χ3n) is 4.16. The average Bonchev–Trinajstić information content (AvgIpc) is 3.28. The van der Waals surface area contributed by atoms with Crippen LogP contribution in [0, 0.1) is 0 Å². The molecule has 1 saturated carbocycles. The summed E-state index contributed by atoms with van der Waals surface area (Å²) in [6.45, 7) is 12.6. The van der Waals surface area contributed by atoms with Crippen molar-refractivity contribution in [1.29, 1.82) is 0 Å². The van der Waals surface area contributed by atoms with Crippen LogP contribution in [0.1, 0.15) is 72.4 Å². The Labute approximate surface area is 167 Å². The summed E-state index contributed by atoms with van der Waals surface area (Å²) < 4.78 is 4.87. The van der Waals surface area contributed by atoms with E-state index in [2.05, 4.69) is 10.1 Å². The molecule has 0 bridgehead atoms. The minimum absolute atomic E-state index is 0.120. The van der Waals surface area contributed by atoms with E-state index >= 15 is 0 Å². The highest BCUT2D eigenvalue weighted by Gasteiger charge is 2.31. The lowest BCUT2D eigenvalue weighted by Crippen LogP contribution is -2.40. The molecular weight excluding hydrogens is 354 g/mol. The fraction of sp³-hybridized carbons (Fsp3) is 0.619. The molecule has 1 aliphatic heterocycles. The van der Waals surface area contributed by atoms with Gasteiger partial charge < -0.3 is 0 Å². The first kappa shape index (κ1) is 23.6. The van der Waals surface area contributed by atoms with Crippen LogP contribution < -0.4 is 11.2 Å². The van der Waals surface area contributed by atoms with Gasteiger partial charge in [0.25, 0.3) is 5.56 Å². The highest BCUT2D eigenvalue weighted by Crippen LogP contribution is 2.33. The first-order chi connectivity index (χ1) is 13.5. The summed E-state index contributed by atoms with van der Waals surface area (Å²) in [5.74, 6) is 0.598. The van der Waals surface area contributed by atoms with Crippen LogP contribution in [-0.4, -0.2) is 24.6 Å². The Bertz CT molecular complexity index is 871. The number of aryl methyl sites for hydroxylation is 1. The average molecular weight is 390 g/mol. The fourth-order valence-corrected chi connectivity index (χ4v) is 2.90. The van der Waals surface area contributed by atoms with E-state index in [1.165, 1.54) is 4.57 Å². The Hall–Kier alpha value is -2.44. The maximum Gasteiger partial charge on any atom is 0.332 e. The zero-order valence-electron chi connectivity index (χ0n) is 18.4. The van der Waals surface area contributed by atoms with E-state index < -0.39 is 0 Å². The van der Waals surface area contributed by atoms with Crippen molar-refractivity contribution >= 4 is 11.5 Å². The molecule has 4 rings (SSSR count). The van der Waals surface area contributed by atoms with E-state index in [0.717, 1.165) is 25.0 Å². The smallest absolute Gasteiger partial charge is 0.278 e. The van der Waals surface area contributed by atoms with E-state index in [1.54, 1.807) is 15.4 Å². The van der Waals surface area contributed by atoms with E-state index in [1.807, 2.05) is 60.9 Å². The third kappa shape index (κ3) is 5.53. The summed E-state index contributed by atoms with van der Waals surface area (Å²) in [7, 11) is 1.89. The van der Waals surface area contributed by atoms with Gasteiger partial charge in [-0.15, -0.1) is 0 Å². The molecule has 2 aliphatic rings. The summed E-state index contributed by atoms with van der Waals surface area (Å²) in [6, 6.07) is 2.01. The minimum atomic E-state index is -0.179. The normalized spacial score (nSPS) is 13.8. The molecular formula is C21H35N5O2. The molecule has 0 aromatic carbocycles. The number of rotatable bonds is 3. The Morgan fingerprint density at radius 2 is 1.79 bits per heavy atom. The summed E-state index contributed by atoms with van der Waals surface area (Å²) in [4.78, 5) is 29.1. The van der Waals surface area contributed by atoms with Crippen LogP contribution in [0.3, 0.4) is 0 Å². The van der Waals surface area contributed by atoms with Gasteiger partial charge in [-0.05, 0) is 32.3 Å². The predicted octanol–water partition coefficient (Wildman–Crippen LogP) is 3.88. The summed E-state index contributed by atoms with van der Waals surface area (Å²) in [5.41, 5.74) is 1.32. The van der Waals surface area contributed by atoms with Gasteiger partial charge in [0.15, 0.2) is 0 Å². The number of fused-ring (bicyclic) bond motifs is 1.